The van der Waals surface area contributed by atoms with Gasteiger partial charge >= 0.3 is 0 Å². The summed E-state index contributed by atoms with van der Waals surface area (Å²) in [6, 6.07) is 4.63. The minimum atomic E-state index is -0.289. The van der Waals surface area contributed by atoms with Crippen LogP contribution < -0.4 is 10.1 Å². The molecule has 0 spiro atoms. The Bertz CT molecular complexity index is 351. The van der Waals surface area contributed by atoms with E-state index in [1.54, 1.807) is 6.07 Å². The van der Waals surface area contributed by atoms with Gasteiger partial charge in [0.1, 0.15) is 17.7 Å². The molecule has 1 unspecified atom stereocenters. The van der Waals surface area contributed by atoms with Crippen molar-refractivity contribution in [3.8, 4) is 5.75 Å². The molecular weight excluding hydrogens is 297 g/mol. The van der Waals surface area contributed by atoms with Crippen molar-refractivity contribution in [2.75, 3.05) is 13.1 Å². The van der Waals surface area contributed by atoms with Gasteiger partial charge in [0.2, 0.25) is 0 Å². The molecule has 0 saturated carbocycles. The minimum Gasteiger partial charge on any atom is -0.489 e. The minimum absolute atomic E-state index is 0.0465. The van der Waals surface area contributed by atoms with Gasteiger partial charge in [0, 0.05) is 17.1 Å². The zero-order valence-corrected chi connectivity index (χ0v) is 12.8. The predicted octanol–water partition coefficient (Wildman–Crippen LogP) is 3.99. The SMILES string of the molecule is CCCNCC(Oc1cc(F)cc(Br)c1)C(C)C. The molecule has 0 aliphatic rings. The van der Waals surface area contributed by atoms with Crippen LogP contribution in [0.2, 0.25) is 0 Å². The van der Waals surface area contributed by atoms with E-state index in [0.717, 1.165) is 19.5 Å². The predicted molar refractivity (Wildman–Crippen MR) is 76.5 cm³/mol. The van der Waals surface area contributed by atoms with Crippen LogP contribution in [0, 0.1) is 11.7 Å². The lowest BCUT2D eigenvalue weighted by molar-refractivity contribution is 0.148. The van der Waals surface area contributed by atoms with Crippen LogP contribution in [0.15, 0.2) is 22.7 Å². The van der Waals surface area contributed by atoms with E-state index in [0.29, 0.717) is 16.1 Å². The van der Waals surface area contributed by atoms with E-state index in [-0.39, 0.29) is 11.9 Å². The summed E-state index contributed by atoms with van der Waals surface area (Å²) in [6.45, 7) is 8.08. The van der Waals surface area contributed by atoms with Crippen molar-refractivity contribution < 1.29 is 9.13 Å². The summed E-state index contributed by atoms with van der Waals surface area (Å²) in [5, 5.41) is 3.34. The lowest BCUT2D eigenvalue weighted by atomic mass is 10.1. The largest absolute Gasteiger partial charge is 0.489 e. The van der Waals surface area contributed by atoms with Gasteiger partial charge in [-0.2, -0.15) is 0 Å². The van der Waals surface area contributed by atoms with Gasteiger partial charge in [0.15, 0.2) is 0 Å². The first kappa shape index (κ1) is 15.4. The molecule has 0 aromatic heterocycles. The quantitative estimate of drug-likeness (QED) is 0.768. The highest BCUT2D eigenvalue weighted by Gasteiger charge is 2.15. The molecule has 0 aliphatic carbocycles. The summed E-state index contributed by atoms with van der Waals surface area (Å²) in [4.78, 5) is 0. The normalized spacial score (nSPS) is 12.8. The molecule has 1 N–H and O–H groups in total. The summed E-state index contributed by atoms with van der Waals surface area (Å²) < 4.78 is 19.8. The topological polar surface area (TPSA) is 21.3 Å². The van der Waals surface area contributed by atoms with Gasteiger partial charge in [-0.15, -0.1) is 0 Å². The zero-order valence-electron chi connectivity index (χ0n) is 11.2. The van der Waals surface area contributed by atoms with Crippen LogP contribution in [0.5, 0.6) is 5.75 Å². The van der Waals surface area contributed by atoms with Crippen LogP contribution in [0.25, 0.3) is 0 Å². The number of rotatable bonds is 7. The first-order valence-electron chi connectivity index (χ1n) is 6.36. The summed E-state index contributed by atoms with van der Waals surface area (Å²) in [6.07, 6.45) is 1.14. The molecule has 1 aromatic carbocycles. The Hall–Kier alpha value is -0.610. The number of hydrogen-bond donors (Lipinski definition) is 1. The fraction of sp³-hybridized carbons (Fsp3) is 0.571. The monoisotopic (exact) mass is 317 g/mol. The highest BCUT2D eigenvalue weighted by molar-refractivity contribution is 9.10. The Morgan fingerprint density at radius 1 is 1.33 bits per heavy atom. The number of hydrogen-bond acceptors (Lipinski definition) is 2. The summed E-state index contributed by atoms with van der Waals surface area (Å²) in [5.41, 5.74) is 0. The summed E-state index contributed by atoms with van der Waals surface area (Å²) in [7, 11) is 0. The van der Waals surface area contributed by atoms with E-state index >= 15 is 0 Å². The van der Waals surface area contributed by atoms with E-state index in [1.807, 2.05) is 0 Å². The number of halogens is 2. The Balaban J connectivity index is 2.64. The van der Waals surface area contributed by atoms with Crippen LogP contribution in [0.3, 0.4) is 0 Å². The lowest BCUT2D eigenvalue weighted by Crippen LogP contribution is -2.35. The maximum Gasteiger partial charge on any atom is 0.128 e. The second-order valence-corrected chi connectivity index (χ2v) is 5.63. The molecule has 1 aromatic rings. The van der Waals surface area contributed by atoms with E-state index in [2.05, 4.69) is 42.0 Å². The average molecular weight is 318 g/mol. The second-order valence-electron chi connectivity index (χ2n) is 4.71. The standard InChI is InChI=1S/C14H21BrFNO/c1-4-5-17-9-14(10(2)3)18-13-7-11(15)6-12(16)8-13/h6-8,10,14,17H,4-5,9H2,1-3H3. The van der Waals surface area contributed by atoms with Crippen LogP contribution in [0.1, 0.15) is 27.2 Å². The van der Waals surface area contributed by atoms with Crippen molar-refractivity contribution in [3.05, 3.63) is 28.5 Å². The first-order chi connectivity index (χ1) is 8.52. The molecule has 0 aliphatic heterocycles. The third-order valence-corrected chi connectivity index (χ3v) is 3.10. The molecule has 2 nitrogen and oxygen atoms in total. The van der Waals surface area contributed by atoms with Crippen molar-refractivity contribution in [2.45, 2.75) is 33.3 Å². The fourth-order valence-corrected chi connectivity index (χ4v) is 2.05. The average Bonchev–Trinajstić information content (AvgIpc) is 2.26. The van der Waals surface area contributed by atoms with Gasteiger partial charge < -0.3 is 10.1 Å². The Morgan fingerprint density at radius 3 is 2.61 bits per heavy atom. The molecule has 0 saturated heterocycles. The van der Waals surface area contributed by atoms with Crippen LogP contribution >= 0.6 is 15.9 Å². The molecule has 102 valence electrons. The highest BCUT2D eigenvalue weighted by Crippen LogP contribution is 2.22. The number of nitrogens with one attached hydrogen (secondary N) is 1. The summed E-state index contributed by atoms with van der Waals surface area (Å²) in [5.74, 6) is 0.652. The molecule has 0 amide bonds. The van der Waals surface area contributed by atoms with Gasteiger partial charge in [-0.3, -0.25) is 0 Å². The van der Waals surface area contributed by atoms with Gasteiger partial charge in [-0.1, -0.05) is 36.7 Å². The molecule has 0 fully saturated rings. The molecule has 1 atom stereocenters. The Kier molecular flexibility index (Phi) is 6.65. The Morgan fingerprint density at radius 2 is 2.06 bits per heavy atom. The van der Waals surface area contributed by atoms with Crippen molar-refractivity contribution in [1.82, 2.24) is 5.32 Å². The molecule has 4 heteroatoms. The zero-order chi connectivity index (χ0) is 13.5. The van der Waals surface area contributed by atoms with Crippen molar-refractivity contribution in [2.24, 2.45) is 5.92 Å². The Labute approximate surface area is 117 Å². The molecule has 18 heavy (non-hydrogen) atoms. The number of ether oxygens (including phenoxy) is 1. The first-order valence-corrected chi connectivity index (χ1v) is 7.15. The lowest BCUT2D eigenvalue weighted by Gasteiger charge is -2.23. The van der Waals surface area contributed by atoms with Crippen LogP contribution in [0.4, 0.5) is 4.39 Å². The highest BCUT2D eigenvalue weighted by atomic mass is 79.9. The van der Waals surface area contributed by atoms with Crippen molar-refractivity contribution >= 4 is 15.9 Å². The summed E-state index contributed by atoms with van der Waals surface area (Å²) >= 11 is 3.27. The molecular formula is C14H21BrFNO. The van der Waals surface area contributed by atoms with Gasteiger partial charge in [0.05, 0.1) is 0 Å². The van der Waals surface area contributed by atoms with E-state index in [9.17, 15) is 4.39 Å². The molecule has 1 rings (SSSR count). The van der Waals surface area contributed by atoms with E-state index in [1.165, 1.54) is 12.1 Å². The maximum absolute atomic E-state index is 13.3. The third-order valence-electron chi connectivity index (χ3n) is 2.64. The van der Waals surface area contributed by atoms with Crippen LogP contribution in [-0.4, -0.2) is 19.2 Å². The van der Waals surface area contributed by atoms with E-state index in [4.69, 9.17) is 4.74 Å². The fourth-order valence-electron chi connectivity index (χ4n) is 1.61. The molecule has 0 bridgehead atoms. The molecule has 0 heterocycles. The van der Waals surface area contributed by atoms with Gasteiger partial charge in [-0.05, 0) is 31.0 Å². The van der Waals surface area contributed by atoms with Crippen molar-refractivity contribution in [3.63, 3.8) is 0 Å². The van der Waals surface area contributed by atoms with E-state index < -0.39 is 0 Å². The number of benzene rings is 1. The molecule has 0 radical (unpaired) electrons. The smallest absolute Gasteiger partial charge is 0.128 e. The third kappa shape index (κ3) is 5.36. The maximum atomic E-state index is 13.3. The van der Waals surface area contributed by atoms with Gasteiger partial charge in [-0.25, -0.2) is 4.39 Å². The second kappa shape index (κ2) is 7.74. The van der Waals surface area contributed by atoms with Gasteiger partial charge in [0.25, 0.3) is 0 Å². The van der Waals surface area contributed by atoms with Crippen LogP contribution in [-0.2, 0) is 0 Å². The van der Waals surface area contributed by atoms with Crippen molar-refractivity contribution in [1.29, 1.82) is 0 Å².